The van der Waals surface area contributed by atoms with Crippen molar-refractivity contribution in [1.82, 2.24) is 15.6 Å². The SMILES string of the molecule is CCc1cnc(CNC(=O)N[C@@H]2[C@@H]3CCO[C@H]3C23CCCC3)s1. The Kier molecular flexibility index (Phi) is 4.05. The van der Waals surface area contributed by atoms with Crippen LogP contribution in [0.2, 0.25) is 0 Å². The molecule has 3 fully saturated rings. The summed E-state index contributed by atoms with van der Waals surface area (Å²) < 4.78 is 5.97. The highest BCUT2D eigenvalue weighted by molar-refractivity contribution is 7.11. The van der Waals surface area contributed by atoms with Crippen LogP contribution in [0, 0.1) is 11.3 Å². The number of carbonyl (C=O) groups excluding carboxylic acids is 1. The molecule has 0 bridgehead atoms. The smallest absolute Gasteiger partial charge is 0.315 e. The van der Waals surface area contributed by atoms with E-state index in [1.54, 1.807) is 11.3 Å². The van der Waals surface area contributed by atoms with Gasteiger partial charge in [0.05, 0.1) is 12.6 Å². The molecule has 1 aliphatic heterocycles. The van der Waals surface area contributed by atoms with E-state index in [9.17, 15) is 4.79 Å². The molecule has 23 heavy (non-hydrogen) atoms. The van der Waals surface area contributed by atoms with Crippen LogP contribution >= 0.6 is 11.3 Å². The van der Waals surface area contributed by atoms with Gasteiger partial charge < -0.3 is 15.4 Å². The predicted octanol–water partition coefficient (Wildman–Crippen LogP) is 2.85. The molecule has 3 aliphatic rings. The molecule has 0 aromatic carbocycles. The highest BCUT2D eigenvalue weighted by Crippen LogP contribution is 2.60. The quantitative estimate of drug-likeness (QED) is 0.889. The Morgan fingerprint density at radius 1 is 1.48 bits per heavy atom. The predicted molar refractivity (Wildman–Crippen MR) is 89.4 cm³/mol. The summed E-state index contributed by atoms with van der Waals surface area (Å²) in [5, 5.41) is 7.21. The first kappa shape index (κ1) is 15.4. The third-order valence-corrected chi connectivity index (χ3v) is 7.06. The zero-order chi connectivity index (χ0) is 15.9. The molecule has 4 rings (SSSR count). The fraction of sp³-hybridized carbons (Fsp3) is 0.765. The first-order chi connectivity index (χ1) is 11.2. The summed E-state index contributed by atoms with van der Waals surface area (Å²) in [4.78, 5) is 18.0. The molecule has 2 heterocycles. The van der Waals surface area contributed by atoms with Gasteiger partial charge in [0, 0.05) is 35.1 Å². The molecule has 1 saturated heterocycles. The molecule has 1 aromatic heterocycles. The first-order valence-corrected chi connectivity index (χ1v) is 9.64. The van der Waals surface area contributed by atoms with Crippen molar-refractivity contribution in [2.24, 2.45) is 11.3 Å². The molecule has 2 saturated carbocycles. The van der Waals surface area contributed by atoms with Crippen molar-refractivity contribution in [3.63, 3.8) is 0 Å². The Morgan fingerprint density at radius 3 is 3.04 bits per heavy atom. The van der Waals surface area contributed by atoms with Gasteiger partial charge in [-0.15, -0.1) is 11.3 Å². The molecule has 0 radical (unpaired) electrons. The lowest BCUT2D eigenvalue weighted by Gasteiger charge is -2.56. The Labute approximate surface area is 141 Å². The molecule has 2 amide bonds. The zero-order valence-electron chi connectivity index (χ0n) is 13.6. The van der Waals surface area contributed by atoms with Gasteiger partial charge in [0.2, 0.25) is 0 Å². The molecule has 1 spiro atoms. The number of nitrogens with zero attached hydrogens (tertiary/aromatic N) is 1. The molecule has 0 unspecified atom stereocenters. The van der Waals surface area contributed by atoms with Gasteiger partial charge in [0.25, 0.3) is 0 Å². The average Bonchev–Trinajstić information content (AvgIpc) is 3.29. The zero-order valence-corrected chi connectivity index (χ0v) is 14.5. The number of fused-ring (bicyclic) bond motifs is 2. The van der Waals surface area contributed by atoms with E-state index < -0.39 is 0 Å². The van der Waals surface area contributed by atoms with Gasteiger partial charge >= 0.3 is 6.03 Å². The van der Waals surface area contributed by atoms with Gasteiger partial charge in [-0.1, -0.05) is 19.8 Å². The lowest BCUT2D eigenvalue weighted by Crippen LogP contribution is -2.69. The number of hydrogen-bond donors (Lipinski definition) is 2. The Bertz CT molecular complexity index is 582. The van der Waals surface area contributed by atoms with Crippen molar-refractivity contribution in [2.75, 3.05) is 6.61 Å². The summed E-state index contributed by atoms with van der Waals surface area (Å²) >= 11 is 1.67. The van der Waals surface area contributed by atoms with Crippen LogP contribution < -0.4 is 10.6 Å². The third-order valence-electron chi connectivity index (χ3n) is 5.92. The van der Waals surface area contributed by atoms with E-state index in [1.165, 1.54) is 30.6 Å². The van der Waals surface area contributed by atoms with Crippen molar-refractivity contribution in [3.8, 4) is 0 Å². The number of nitrogens with one attached hydrogen (secondary N) is 2. The Balaban J connectivity index is 1.34. The average molecular weight is 335 g/mol. The molecule has 3 atom stereocenters. The molecule has 6 heteroatoms. The standard InChI is InChI=1S/C17H25N3O2S/c1-2-11-9-18-13(23-11)10-19-16(21)20-14-12-5-8-22-15(12)17(14)6-3-4-7-17/h9,12,14-15H,2-8,10H2,1H3,(H2,19,20,21)/t12-,14+,15+/m0/s1. The van der Waals surface area contributed by atoms with Gasteiger partial charge in [0.1, 0.15) is 5.01 Å². The number of ether oxygens (including phenoxy) is 1. The number of thiazole rings is 1. The van der Waals surface area contributed by atoms with Gasteiger partial charge in [-0.2, -0.15) is 0 Å². The molecular formula is C17H25N3O2S. The van der Waals surface area contributed by atoms with Crippen LogP contribution in [-0.4, -0.2) is 29.8 Å². The minimum absolute atomic E-state index is 0.0557. The molecule has 126 valence electrons. The third kappa shape index (κ3) is 2.56. The maximum absolute atomic E-state index is 12.3. The number of aromatic nitrogens is 1. The summed E-state index contributed by atoms with van der Waals surface area (Å²) in [6.07, 6.45) is 9.31. The number of rotatable bonds is 4. The second-order valence-corrected chi connectivity index (χ2v) is 8.26. The van der Waals surface area contributed by atoms with Crippen molar-refractivity contribution in [2.45, 2.75) is 64.1 Å². The lowest BCUT2D eigenvalue weighted by molar-refractivity contribution is -0.126. The lowest BCUT2D eigenvalue weighted by atomic mass is 9.54. The van der Waals surface area contributed by atoms with Crippen LogP contribution in [-0.2, 0) is 17.7 Å². The van der Waals surface area contributed by atoms with E-state index in [1.807, 2.05) is 6.20 Å². The van der Waals surface area contributed by atoms with Gasteiger partial charge in [0.15, 0.2) is 0 Å². The number of aryl methyl sites for hydroxylation is 1. The van der Waals surface area contributed by atoms with Crippen LogP contribution in [0.5, 0.6) is 0 Å². The van der Waals surface area contributed by atoms with Gasteiger partial charge in [-0.3, -0.25) is 0 Å². The summed E-state index contributed by atoms with van der Waals surface area (Å²) in [6.45, 7) is 3.49. The topological polar surface area (TPSA) is 63.2 Å². The van der Waals surface area contributed by atoms with E-state index in [2.05, 4.69) is 22.5 Å². The van der Waals surface area contributed by atoms with E-state index in [0.29, 0.717) is 24.6 Å². The molecule has 1 aromatic rings. The minimum atomic E-state index is -0.0557. The summed E-state index contributed by atoms with van der Waals surface area (Å²) in [5.41, 5.74) is 0.217. The van der Waals surface area contributed by atoms with Crippen LogP contribution in [0.25, 0.3) is 0 Å². The first-order valence-electron chi connectivity index (χ1n) is 8.82. The summed E-state index contributed by atoms with van der Waals surface area (Å²) in [5.74, 6) is 0.519. The van der Waals surface area contributed by atoms with Crippen molar-refractivity contribution >= 4 is 17.4 Å². The fourth-order valence-electron chi connectivity index (χ4n) is 4.85. The van der Waals surface area contributed by atoms with E-state index >= 15 is 0 Å². The highest BCUT2D eigenvalue weighted by atomic mass is 32.1. The van der Waals surface area contributed by atoms with Gasteiger partial charge in [-0.05, 0) is 25.7 Å². The van der Waals surface area contributed by atoms with Gasteiger partial charge in [-0.25, -0.2) is 9.78 Å². The number of carbonyl (C=O) groups is 1. The second kappa shape index (κ2) is 6.06. The maximum atomic E-state index is 12.3. The van der Waals surface area contributed by atoms with Crippen molar-refractivity contribution in [3.05, 3.63) is 16.1 Å². The minimum Gasteiger partial charge on any atom is -0.377 e. The Morgan fingerprint density at radius 2 is 2.30 bits per heavy atom. The number of urea groups is 1. The van der Waals surface area contributed by atoms with Crippen molar-refractivity contribution < 1.29 is 9.53 Å². The number of amides is 2. The molecule has 2 N–H and O–H groups in total. The summed E-state index contributed by atoms with van der Waals surface area (Å²) in [6, 6.07) is 0.236. The Hall–Kier alpha value is -1.14. The van der Waals surface area contributed by atoms with E-state index in [0.717, 1.165) is 24.5 Å². The number of hydrogen-bond acceptors (Lipinski definition) is 4. The largest absolute Gasteiger partial charge is 0.377 e. The van der Waals surface area contributed by atoms with Crippen LogP contribution in [0.3, 0.4) is 0 Å². The van der Waals surface area contributed by atoms with Crippen LogP contribution in [0.1, 0.15) is 48.9 Å². The fourth-order valence-corrected chi connectivity index (χ4v) is 5.65. The maximum Gasteiger partial charge on any atom is 0.315 e. The molecule has 2 aliphatic carbocycles. The van der Waals surface area contributed by atoms with Crippen molar-refractivity contribution in [1.29, 1.82) is 0 Å². The summed E-state index contributed by atoms with van der Waals surface area (Å²) in [7, 11) is 0. The van der Waals surface area contributed by atoms with E-state index in [-0.39, 0.29) is 11.4 Å². The molecule has 5 nitrogen and oxygen atoms in total. The molecular weight excluding hydrogens is 310 g/mol. The van der Waals surface area contributed by atoms with E-state index in [4.69, 9.17) is 4.74 Å². The highest BCUT2D eigenvalue weighted by Gasteiger charge is 2.65. The normalized spacial score (nSPS) is 30.9. The van der Waals surface area contributed by atoms with Crippen LogP contribution in [0.4, 0.5) is 4.79 Å². The van der Waals surface area contributed by atoms with Crippen LogP contribution in [0.15, 0.2) is 6.20 Å². The monoisotopic (exact) mass is 335 g/mol. The second-order valence-electron chi connectivity index (χ2n) is 7.06.